The normalized spacial score (nSPS) is 36.3. The van der Waals surface area contributed by atoms with Crippen molar-refractivity contribution in [1.82, 2.24) is 0 Å². The molecule has 0 aromatic carbocycles. The Labute approximate surface area is 170 Å². The van der Waals surface area contributed by atoms with Gasteiger partial charge in [-0.2, -0.15) is 0 Å². The van der Waals surface area contributed by atoms with Gasteiger partial charge in [-0.15, -0.1) is 0 Å². The van der Waals surface area contributed by atoms with Crippen molar-refractivity contribution in [2.24, 2.45) is 0 Å². The van der Waals surface area contributed by atoms with Gasteiger partial charge in [-0.1, -0.05) is 6.58 Å². The van der Waals surface area contributed by atoms with Gasteiger partial charge in [0.15, 0.2) is 5.76 Å². The van der Waals surface area contributed by atoms with E-state index in [0.717, 1.165) is 6.26 Å². The van der Waals surface area contributed by atoms with Gasteiger partial charge in [-0.25, -0.2) is 4.79 Å². The largest absolute Gasteiger partial charge is 0.461 e. The molecule has 2 heterocycles. The number of hydrogen-bond donors (Lipinski definition) is 8. The average Bonchev–Trinajstić information content (AvgIpc) is 2.99. The lowest BCUT2D eigenvalue weighted by Gasteiger charge is -2.39. The lowest BCUT2D eigenvalue weighted by Crippen LogP contribution is -2.59. The van der Waals surface area contributed by atoms with E-state index in [-0.39, 0.29) is 0 Å². The van der Waals surface area contributed by atoms with Gasteiger partial charge in [0.2, 0.25) is 11.9 Å². The summed E-state index contributed by atoms with van der Waals surface area (Å²) in [6.07, 6.45) is -11.6. The van der Waals surface area contributed by atoms with Crippen molar-refractivity contribution in [3.05, 3.63) is 24.4 Å². The molecule has 0 aromatic rings. The first kappa shape index (κ1) is 24.5. The van der Waals surface area contributed by atoms with E-state index < -0.39 is 92.2 Å². The molecule has 0 bridgehead atoms. The van der Waals surface area contributed by atoms with Crippen LogP contribution in [0, 0.1) is 0 Å². The zero-order valence-corrected chi connectivity index (χ0v) is 15.8. The van der Waals surface area contributed by atoms with Crippen molar-refractivity contribution < 1.29 is 64.6 Å². The summed E-state index contributed by atoms with van der Waals surface area (Å²) >= 11 is 0. The Balaban J connectivity index is 2.46. The first-order valence-electron chi connectivity index (χ1n) is 8.97. The van der Waals surface area contributed by atoms with E-state index in [4.69, 9.17) is 24.1 Å². The molecule has 0 amide bonds. The minimum Gasteiger partial charge on any atom is -0.461 e. The number of aliphatic hydroxyl groups excluding tert-OH is 8. The minimum atomic E-state index is -2.19. The van der Waals surface area contributed by atoms with Crippen LogP contribution >= 0.6 is 0 Å². The first-order chi connectivity index (χ1) is 14.2. The quantitative estimate of drug-likeness (QED) is 0.119. The first-order valence-corrected chi connectivity index (χ1v) is 8.97. The van der Waals surface area contributed by atoms with Crippen LogP contribution in [0.4, 0.5) is 0 Å². The van der Waals surface area contributed by atoms with E-state index in [1.54, 1.807) is 0 Å². The molecule has 172 valence electrons. The van der Waals surface area contributed by atoms with Crippen molar-refractivity contribution in [2.45, 2.75) is 54.9 Å². The van der Waals surface area contributed by atoms with Crippen LogP contribution in [0.2, 0.25) is 0 Å². The van der Waals surface area contributed by atoms with Gasteiger partial charge >= 0.3 is 5.97 Å². The van der Waals surface area contributed by atoms with Gasteiger partial charge in [0.25, 0.3) is 5.76 Å². The SMILES string of the molecule is C=COC1=C(OC2O[C@H](CO)[C@@H](O)[C@H](O)[C@H]2O)C(=O)O[C@]1(CC(O)CO)[C@@H](O)CO. The van der Waals surface area contributed by atoms with Gasteiger partial charge in [0.1, 0.15) is 30.5 Å². The third kappa shape index (κ3) is 4.44. The molecule has 0 aromatic heterocycles. The molecule has 0 spiro atoms. The second kappa shape index (κ2) is 10.00. The van der Waals surface area contributed by atoms with Crippen molar-refractivity contribution in [3.63, 3.8) is 0 Å². The molecule has 2 unspecified atom stereocenters. The number of carbonyl (C=O) groups is 1. The summed E-state index contributed by atoms with van der Waals surface area (Å²) < 4.78 is 20.8. The maximum Gasteiger partial charge on any atom is 0.378 e. The average molecular weight is 438 g/mol. The van der Waals surface area contributed by atoms with Crippen molar-refractivity contribution >= 4 is 5.97 Å². The van der Waals surface area contributed by atoms with E-state index in [1.165, 1.54) is 0 Å². The Morgan fingerprint density at radius 1 is 1.10 bits per heavy atom. The van der Waals surface area contributed by atoms with Crippen LogP contribution in [0.3, 0.4) is 0 Å². The Bertz CT molecular complexity index is 650. The second-order valence-electron chi connectivity index (χ2n) is 6.78. The summed E-state index contributed by atoms with van der Waals surface area (Å²) in [4.78, 5) is 12.5. The van der Waals surface area contributed by atoms with Crippen LogP contribution < -0.4 is 0 Å². The number of cyclic esters (lactones) is 1. The number of esters is 1. The molecule has 8 N–H and O–H groups in total. The highest BCUT2D eigenvalue weighted by atomic mass is 16.7. The minimum absolute atomic E-state index is 0.548. The maximum atomic E-state index is 12.5. The number of rotatable bonds is 10. The van der Waals surface area contributed by atoms with E-state index in [9.17, 15) is 40.5 Å². The van der Waals surface area contributed by atoms with Crippen LogP contribution in [-0.4, -0.2) is 115 Å². The molecular weight excluding hydrogens is 412 g/mol. The van der Waals surface area contributed by atoms with Gasteiger partial charge in [-0.05, 0) is 0 Å². The van der Waals surface area contributed by atoms with E-state index in [0.29, 0.717) is 0 Å². The highest BCUT2D eigenvalue weighted by molar-refractivity contribution is 5.90. The monoisotopic (exact) mass is 438 g/mol. The van der Waals surface area contributed by atoms with E-state index >= 15 is 0 Å². The molecular formula is C17H26O13. The predicted octanol–water partition coefficient (Wildman–Crippen LogP) is -4.43. The van der Waals surface area contributed by atoms with Crippen LogP contribution in [0.1, 0.15) is 6.42 Å². The molecule has 2 aliphatic heterocycles. The summed E-state index contributed by atoms with van der Waals surface area (Å²) in [5.74, 6) is -2.55. The van der Waals surface area contributed by atoms with Crippen LogP contribution in [0.15, 0.2) is 24.4 Å². The molecule has 0 radical (unpaired) electrons. The van der Waals surface area contributed by atoms with E-state index in [1.807, 2.05) is 0 Å². The van der Waals surface area contributed by atoms with Gasteiger partial charge in [0.05, 0.1) is 32.2 Å². The van der Waals surface area contributed by atoms with Crippen LogP contribution in [0.5, 0.6) is 0 Å². The fourth-order valence-corrected chi connectivity index (χ4v) is 3.21. The third-order valence-electron chi connectivity index (χ3n) is 4.80. The Hall–Kier alpha value is -1.81. The molecule has 8 atom stereocenters. The number of aliphatic hydroxyl groups is 8. The van der Waals surface area contributed by atoms with Crippen molar-refractivity contribution in [2.75, 3.05) is 19.8 Å². The lowest BCUT2D eigenvalue weighted by atomic mass is 9.88. The highest BCUT2D eigenvalue weighted by Gasteiger charge is 2.58. The summed E-state index contributed by atoms with van der Waals surface area (Å²) in [6, 6.07) is 0. The van der Waals surface area contributed by atoms with Gasteiger partial charge in [-0.3, -0.25) is 0 Å². The fraction of sp³-hybridized carbons (Fsp3) is 0.706. The Morgan fingerprint density at radius 3 is 2.30 bits per heavy atom. The zero-order chi connectivity index (χ0) is 22.6. The highest BCUT2D eigenvalue weighted by Crippen LogP contribution is 2.42. The molecule has 13 nitrogen and oxygen atoms in total. The number of carbonyl (C=O) groups excluding carboxylic acids is 1. The third-order valence-corrected chi connectivity index (χ3v) is 4.80. The maximum absolute atomic E-state index is 12.5. The van der Waals surface area contributed by atoms with Gasteiger partial charge < -0.3 is 59.8 Å². The molecule has 0 aliphatic carbocycles. The van der Waals surface area contributed by atoms with Crippen molar-refractivity contribution in [1.29, 1.82) is 0 Å². The molecule has 1 saturated heterocycles. The van der Waals surface area contributed by atoms with E-state index in [2.05, 4.69) is 6.58 Å². The molecule has 30 heavy (non-hydrogen) atoms. The summed E-state index contributed by atoms with van der Waals surface area (Å²) in [6.45, 7) is 0.854. The van der Waals surface area contributed by atoms with Crippen LogP contribution in [-0.2, 0) is 23.7 Å². The van der Waals surface area contributed by atoms with Gasteiger partial charge in [0, 0.05) is 6.42 Å². The molecule has 13 heteroatoms. The molecule has 2 rings (SSSR count). The molecule has 1 fully saturated rings. The summed E-state index contributed by atoms with van der Waals surface area (Å²) in [5, 5.41) is 77.8. The number of ether oxygens (including phenoxy) is 4. The van der Waals surface area contributed by atoms with Crippen LogP contribution in [0.25, 0.3) is 0 Å². The Morgan fingerprint density at radius 2 is 1.77 bits per heavy atom. The summed E-state index contributed by atoms with van der Waals surface area (Å²) in [5.41, 5.74) is -2.19. The fourth-order valence-electron chi connectivity index (χ4n) is 3.21. The van der Waals surface area contributed by atoms with Crippen molar-refractivity contribution in [3.8, 4) is 0 Å². The summed E-state index contributed by atoms with van der Waals surface area (Å²) in [7, 11) is 0. The molecule has 0 saturated carbocycles. The second-order valence-corrected chi connectivity index (χ2v) is 6.78. The zero-order valence-electron chi connectivity index (χ0n) is 15.8. The standard InChI is InChI=1S/C17H26O13/c1-2-27-14-13(29-16-12(25)11(24)10(23)8(5-19)28-16)15(26)30-17(14,9(22)6-20)3-7(21)4-18/h2,7-12,16,18-25H,1,3-6H2/t7?,8-,9+,10-,11+,12-,16?,17-/m1/s1. The smallest absolute Gasteiger partial charge is 0.378 e. The molecule has 2 aliphatic rings. The predicted molar refractivity (Wildman–Crippen MR) is 92.8 cm³/mol. The number of hydrogen-bond acceptors (Lipinski definition) is 13. The Kier molecular flexibility index (Phi) is 8.15. The topological polar surface area (TPSA) is 216 Å². The lowest BCUT2D eigenvalue weighted by molar-refractivity contribution is -0.291.